The zero-order valence-corrected chi connectivity index (χ0v) is 12.6. The maximum atomic E-state index is 12.2. The van der Waals surface area contributed by atoms with E-state index in [1.54, 1.807) is 11.1 Å². The lowest BCUT2D eigenvalue weighted by Crippen LogP contribution is -2.36. The molecule has 5 heteroatoms. The Labute approximate surface area is 128 Å². The lowest BCUT2D eigenvalue weighted by atomic mass is 9.93. The van der Waals surface area contributed by atoms with Crippen LogP contribution < -0.4 is 0 Å². The van der Waals surface area contributed by atoms with Gasteiger partial charge in [-0.15, -0.1) is 0 Å². The number of pyridine rings is 1. The van der Waals surface area contributed by atoms with E-state index in [1.165, 1.54) is 0 Å². The molecule has 1 fully saturated rings. The molecule has 1 aromatic carbocycles. The van der Waals surface area contributed by atoms with Gasteiger partial charge in [0.2, 0.25) is 5.91 Å². The summed E-state index contributed by atoms with van der Waals surface area (Å²) in [7, 11) is 0. The monoisotopic (exact) mass is 298 g/mol. The number of rotatable bonds is 3. The first-order valence-electron chi connectivity index (χ1n) is 7.37. The third-order valence-corrected chi connectivity index (χ3v) is 4.19. The molecular weight excluding hydrogens is 280 g/mol. The fourth-order valence-electron chi connectivity index (χ4n) is 3.23. The SMILES string of the molecule is CC(C)N1C(=O)C[C@H](C(=O)O)[C@H]1c1cnc2ccccc2c1. The van der Waals surface area contributed by atoms with Crippen molar-refractivity contribution in [3.63, 3.8) is 0 Å². The van der Waals surface area contributed by atoms with Crippen LogP contribution in [-0.4, -0.2) is 32.9 Å². The van der Waals surface area contributed by atoms with Crippen molar-refractivity contribution in [2.24, 2.45) is 5.92 Å². The van der Waals surface area contributed by atoms with Crippen LogP contribution in [0.15, 0.2) is 36.5 Å². The van der Waals surface area contributed by atoms with E-state index in [4.69, 9.17) is 0 Å². The van der Waals surface area contributed by atoms with Crippen LogP contribution in [0.4, 0.5) is 0 Å². The van der Waals surface area contributed by atoms with Crippen molar-refractivity contribution in [3.05, 3.63) is 42.1 Å². The van der Waals surface area contributed by atoms with Crippen molar-refractivity contribution in [2.45, 2.75) is 32.4 Å². The summed E-state index contributed by atoms with van der Waals surface area (Å²) in [6.45, 7) is 3.81. The van der Waals surface area contributed by atoms with Gasteiger partial charge >= 0.3 is 5.97 Å². The molecule has 1 aliphatic rings. The summed E-state index contributed by atoms with van der Waals surface area (Å²) in [5.74, 6) is -1.77. The summed E-state index contributed by atoms with van der Waals surface area (Å²) in [5.41, 5.74) is 1.64. The summed E-state index contributed by atoms with van der Waals surface area (Å²) in [6, 6.07) is 9.12. The van der Waals surface area contributed by atoms with Gasteiger partial charge in [0.1, 0.15) is 0 Å². The number of hydrogen-bond acceptors (Lipinski definition) is 3. The number of aliphatic carboxylic acids is 1. The van der Waals surface area contributed by atoms with Gasteiger partial charge in [-0.05, 0) is 31.5 Å². The van der Waals surface area contributed by atoms with Gasteiger partial charge in [0.25, 0.3) is 0 Å². The standard InChI is InChI=1S/C17H18N2O3/c1-10(2)19-15(20)8-13(17(21)22)16(19)12-7-11-5-3-4-6-14(11)18-9-12/h3-7,9-10,13,16H,8H2,1-2H3,(H,21,22)/t13-,16+/m0/s1. The van der Waals surface area contributed by atoms with Crippen LogP contribution in [0.1, 0.15) is 31.9 Å². The lowest BCUT2D eigenvalue weighted by Gasteiger charge is -2.30. The van der Waals surface area contributed by atoms with E-state index in [2.05, 4.69) is 4.98 Å². The highest BCUT2D eigenvalue weighted by Gasteiger charge is 2.45. The molecule has 1 amide bonds. The molecule has 5 nitrogen and oxygen atoms in total. The first kappa shape index (κ1) is 14.5. The highest BCUT2D eigenvalue weighted by atomic mass is 16.4. The number of amides is 1. The number of hydrogen-bond donors (Lipinski definition) is 1. The van der Waals surface area contributed by atoms with Gasteiger partial charge in [-0.25, -0.2) is 0 Å². The van der Waals surface area contributed by atoms with Crippen molar-refractivity contribution in [1.29, 1.82) is 0 Å². The minimum absolute atomic E-state index is 0.0466. The molecule has 2 heterocycles. The van der Waals surface area contributed by atoms with Crippen molar-refractivity contribution < 1.29 is 14.7 Å². The number of benzene rings is 1. The zero-order chi connectivity index (χ0) is 15.9. The minimum Gasteiger partial charge on any atom is -0.481 e. The van der Waals surface area contributed by atoms with Crippen molar-refractivity contribution in [1.82, 2.24) is 9.88 Å². The number of carbonyl (C=O) groups is 2. The largest absolute Gasteiger partial charge is 0.481 e. The Morgan fingerprint density at radius 2 is 2.09 bits per heavy atom. The van der Waals surface area contributed by atoms with Crippen LogP contribution in [0.25, 0.3) is 10.9 Å². The smallest absolute Gasteiger partial charge is 0.309 e. The molecule has 3 rings (SSSR count). The van der Waals surface area contributed by atoms with Gasteiger partial charge in [-0.3, -0.25) is 14.6 Å². The van der Waals surface area contributed by atoms with E-state index in [0.717, 1.165) is 16.5 Å². The van der Waals surface area contributed by atoms with E-state index in [1.807, 2.05) is 44.2 Å². The molecule has 0 aliphatic carbocycles. The fourth-order valence-corrected chi connectivity index (χ4v) is 3.23. The molecule has 1 aliphatic heterocycles. The number of carboxylic acid groups (broad SMARTS) is 1. The average Bonchev–Trinajstić information content (AvgIpc) is 2.84. The van der Waals surface area contributed by atoms with Crippen molar-refractivity contribution in [2.75, 3.05) is 0 Å². The molecule has 2 aromatic rings. The molecule has 1 saturated heterocycles. The summed E-state index contributed by atoms with van der Waals surface area (Å²) >= 11 is 0. The molecule has 0 radical (unpaired) electrons. The third kappa shape index (κ3) is 2.32. The molecule has 22 heavy (non-hydrogen) atoms. The van der Waals surface area contributed by atoms with E-state index in [-0.39, 0.29) is 18.4 Å². The second-order valence-electron chi connectivity index (χ2n) is 5.95. The van der Waals surface area contributed by atoms with E-state index >= 15 is 0 Å². The first-order valence-corrected chi connectivity index (χ1v) is 7.37. The molecule has 2 atom stereocenters. The second kappa shape index (κ2) is 5.40. The summed E-state index contributed by atoms with van der Waals surface area (Å²) < 4.78 is 0. The molecule has 1 aromatic heterocycles. The maximum Gasteiger partial charge on any atom is 0.309 e. The molecule has 0 unspecified atom stereocenters. The summed E-state index contributed by atoms with van der Waals surface area (Å²) in [5, 5.41) is 10.4. The topological polar surface area (TPSA) is 70.5 Å². The van der Waals surface area contributed by atoms with Gasteiger partial charge in [-0.2, -0.15) is 0 Å². The number of carboxylic acids is 1. The predicted molar refractivity (Wildman–Crippen MR) is 82.2 cm³/mol. The molecule has 0 saturated carbocycles. The van der Waals surface area contributed by atoms with Crippen LogP contribution >= 0.6 is 0 Å². The average molecular weight is 298 g/mol. The Kier molecular flexibility index (Phi) is 3.56. The Morgan fingerprint density at radius 1 is 1.36 bits per heavy atom. The van der Waals surface area contributed by atoms with Crippen LogP contribution in [0.5, 0.6) is 0 Å². The van der Waals surface area contributed by atoms with E-state index < -0.39 is 17.9 Å². The lowest BCUT2D eigenvalue weighted by molar-refractivity contribution is -0.142. The Bertz CT molecular complexity index is 742. The van der Waals surface area contributed by atoms with Crippen molar-refractivity contribution in [3.8, 4) is 0 Å². The van der Waals surface area contributed by atoms with Gasteiger partial charge in [0, 0.05) is 24.0 Å². The van der Waals surface area contributed by atoms with E-state index in [0.29, 0.717) is 0 Å². The van der Waals surface area contributed by atoms with Gasteiger partial charge in [0.05, 0.1) is 17.5 Å². The summed E-state index contributed by atoms with van der Waals surface area (Å²) in [4.78, 5) is 29.9. The third-order valence-electron chi connectivity index (χ3n) is 4.19. The van der Waals surface area contributed by atoms with Gasteiger partial charge in [0.15, 0.2) is 0 Å². The molecule has 0 bridgehead atoms. The number of likely N-dealkylation sites (tertiary alicyclic amines) is 1. The maximum absolute atomic E-state index is 12.2. The Balaban J connectivity index is 2.10. The number of carbonyl (C=O) groups excluding carboxylic acids is 1. The molecular formula is C17H18N2O3. The van der Waals surface area contributed by atoms with Gasteiger partial charge in [-0.1, -0.05) is 18.2 Å². The van der Waals surface area contributed by atoms with Crippen LogP contribution in [0.3, 0.4) is 0 Å². The highest BCUT2D eigenvalue weighted by Crippen LogP contribution is 2.40. The van der Waals surface area contributed by atoms with Crippen molar-refractivity contribution >= 4 is 22.8 Å². The van der Waals surface area contributed by atoms with Crippen LogP contribution in [-0.2, 0) is 9.59 Å². The van der Waals surface area contributed by atoms with E-state index in [9.17, 15) is 14.7 Å². The normalized spacial score (nSPS) is 21.8. The van der Waals surface area contributed by atoms with Crippen LogP contribution in [0.2, 0.25) is 0 Å². The number of nitrogens with zero attached hydrogens (tertiary/aromatic N) is 2. The number of para-hydroxylation sites is 1. The predicted octanol–water partition coefficient (Wildman–Crippen LogP) is 2.62. The fraction of sp³-hybridized carbons (Fsp3) is 0.353. The molecule has 114 valence electrons. The summed E-state index contributed by atoms with van der Waals surface area (Å²) in [6.07, 6.45) is 1.74. The Hall–Kier alpha value is -2.43. The van der Waals surface area contributed by atoms with Crippen LogP contribution in [0, 0.1) is 5.92 Å². The molecule has 1 N–H and O–H groups in total. The second-order valence-corrected chi connectivity index (χ2v) is 5.95. The molecule has 0 spiro atoms. The number of aromatic nitrogens is 1. The van der Waals surface area contributed by atoms with Gasteiger partial charge < -0.3 is 10.0 Å². The number of fused-ring (bicyclic) bond motifs is 1. The first-order chi connectivity index (χ1) is 10.5. The minimum atomic E-state index is -0.936. The Morgan fingerprint density at radius 3 is 2.77 bits per heavy atom. The highest BCUT2D eigenvalue weighted by molar-refractivity contribution is 5.88. The zero-order valence-electron chi connectivity index (χ0n) is 12.6. The quantitative estimate of drug-likeness (QED) is 0.945.